The van der Waals surface area contributed by atoms with Crippen LogP contribution >= 0.6 is 0 Å². The second-order valence-corrected chi connectivity index (χ2v) is 5.73. The van der Waals surface area contributed by atoms with Gasteiger partial charge in [0.05, 0.1) is 5.56 Å². The minimum absolute atomic E-state index is 0.0386. The lowest BCUT2D eigenvalue weighted by Crippen LogP contribution is -2.40. The zero-order chi connectivity index (χ0) is 13.8. The Balaban J connectivity index is 2.01. The molecule has 1 aromatic rings. The van der Waals surface area contributed by atoms with E-state index in [4.69, 9.17) is 0 Å². The molecule has 1 fully saturated rings. The first-order chi connectivity index (χ1) is 9.11. The van der Waals surface area contributed by atoms with Gasteiger partial charge in [-0.25, -0.2) is 0 Å². The summed E-state index contributed by atoms with van der Waals surface area (Å²) in [5.74, 6) is 1.51. The van der Waals surface area contributed by atoms with Gasteiger partial charge < -0.3 is 10.6 Å². The number of carbonyl (C=O) groups is 1. The second-order valence-electron chi connectivity index (χ2n) is 5.73. The predicted octanol–water partition coefficient (Wildman–Crippen LogP) is 3.28. The normalized spacial score (nSPS) is 26.8. The summed E-state index contributed by atoms with van der Waals surface area (Å²) in [7, 11) is 1.84. The summed E-state index contributed by atoms with van der Waals surface area (Å²) in [5.41, 5.74) is 1.62. The lowest BCUT2D eigenvalue weighted by Gasteiger charge is -2.32. The van der Waals surface area contributed by atoms with Crippen LogP contribution in [0.25, 0.3) is 0 Å². The number of para-hydroxylation sites is 1. The predicted molar refractivity (Wildman–Crippen MR) is 79.4 cm³/mol. The maximum atomic E-state index is 12.3. The van der Waals surface area contributed by atoms with Crippen LogP contribution in [0.15, 0.2) is 24.3 Å². The fraction of sp³-hybridized carbons (Fsp3) is 0.562. The highest BCUT2D eigenvalue weighted by Gasteiger charge is 2.26. The summed E-state index contributed by atoms with van der Waals surface area (Å²) < 4.78 is 0. The monoisotopic (exact) mass is 260 g/mol. The van der Waals surface area contributed by atoms with Gasteiger partial charge in [0.25, 0.3) is 5.91 Å². The summed E-state index contributed by atoms with van der Waals surface area (Å²) >= 11 is 0. The first-order valence-corrected chi connectivity index (χ1v) is 7.19. The topological polar surface area (TPSA) is 41.1 Å². The van der Waals surface area contributed by atoms with E-state index in [1.54, 1.807) is 0 Å². The fourth-order valence-electron chi connectivity index (χ4n) is 2.84. The number of anilines is 1. The molecule has 0 spiro atoms. The lowest BCUT2D eigenvalue weighted by molar-refractivity contribution is 0.0911. The molecular weight excluding hydrogens is 236 g/mol. The first-order valence-electron chi connectivity index (χ1n) is 7.19. The summed E-state index contributed by atoms with van der Waals surface area (Å²) in [6.07, 6.45) is 3.40. The lowest BCUT2D eigenvalue weighted by atomic mass is 9.79. The molecule has 1 amide bonds. The van der Waals surface area contributed by atoms with Gasteiger partial charge in [-0.3, -0.25) is 4.79 Å². The highest BCUT2D eigenvalue weighted by atomic mass is 16.1. The summed E-state index contributed by atoms with van der Waals surface area (Å²) in [6, 6.07) is 7.97. The number of hydrogen-bond acceptors (Lipinski definition) is 2. The van der Waals surface area contributed by atoms with Gasteiger partial charge in [-0.1, -0.05) is 26.0 Å². The van der Waals surface area contributed by atoms with Crippen LogP contribution in [0.3, 0.4) is 0 Å². The summed E-state index contributed by atoms with van der Waals surface area (Å²) in [4.78, 5) is 12.3. The Morgan fingerprint density at radius 3 is 2.58 bits per heavy atom. The molecule has 1 aliphatic carbocycles. The van der Waals surface area contributed by atoms with Crippen LogP contribution in [0.4, 0.5) is 5.69 Å². The molecule has 1 aliphatic rings. The molecule has 0 aliphatic heterocycles. The van der Waals surface area contributed by atoms with Gasteiger partial charge in [0.1, 0.15) is 0 Å². The van der Waals surface area contributed by atoms with Crippen LogP contribution < -0.4 is 10.6 Å². The van der Waals surface area contributed by atoms with Crippen molar-refractivity contribution in [2.75, 3.05) is 12.4 Å². The van der Waals surface area contributed by atoms with Crippen molar-refractivity contribution in [3.05, 3.63) is 29.8 Å². The zero-order valence-corrected chi connectivity index (χ0v) is 12.1. The summed E-state index contributed by atoms with van der Waals surface area (Å²) in [5, 5.41) is 6.25. The van der Waals surface area contributed by atoms with Crippen LogP contribution in [0.1, 0.15) is 43.5 Å². The molecule has 19 heavy (non-hydrogen) atoms. The van der Waals surface area contributed by atoms with Crippen LogP contribution in [-0.4, -0.2) is 19.0 Å². The van der Waals surface area contributed by atoms with Crippen molar-refractivity contribution >= 4 is 11.6 Å². The Hall–Kier alpha value is -1.51. The molecule has 0 radical (unpaired) electrons. The van der Waals surface area contributed by atoms with E-state index in [1.807, 2.05) is 31.3 Å². The van der Waals surface area contributed by atoms with Crippen molar-refractivity contribution in [2.24, 2.45) is 11.8 Å². The Labute approximate surface area is 115 Å². The minimum Gasteiger partial charge on any atom is -0.387 e. The molecule has 104 valence electrons. The van der Waals surface area contributed by atoms with Gasteiger partial charge >= 0.3 is 0 Å². The standard InChI is InChI=1S/C16H24N2O/c1-11-8-9-13(10-12(11)2)18-16(19)14-6-4-5-7-15(14)17-3/h4-7,11-13,17H,8-10H2,1-3H3,(H,18,19). The number of nitrogens with one attached hydrogen (secondary N) is 2. The van der Waals surface area contributed by atoms with E-state index in [1.165, 1.54) is 6.42 Å². The number of amides is 1. The number of rotatable bonds is 3. The van der Waals surface area contributed by atoms with Crippen molar-refractivity contribution in [1.82, 2.24) is 5.32 Å². The fourth-order valence-corrected chi connectivity index (χ4v) is 2.84. The Kier molecular flexibility index (Phi) is 4.46. The van der Waals surface area contributed by atoms with Crippen molar-refractivity contribution in [3.8, 4) is 0 Å². The molecule has 2 N–H and O–H groups in total. The smallest absolute Gasteiger partial charge is 0.253 e. The van der Waals surface area contributed by atoms with E-state index in [2.05, 4.69) is 24.5 Å². The van der Waals surface area contributed by atoms with Crippen molar-refractivity contribution in [1.29, 1.82) is 0 Å². The molecule has 3 unspecified atom stereocenters. The number of carbonyl (C=O) groups excluding carboxylic acids is 1. The Morgan fingerprint density at radius 2 is 1.89 bits per heavy atom. The quantitative estimate of drug-likeness (QED) is 0.875. The van der Waals surface area contributed by atoms with Gasteiger partial charge in [-0.05, 0) is 43.2 Å². The second kappa shape index (κ2) is 6.09. The average Bonchev–Trinajstić information content (AvgIpc) is 2.43. The third-order valence-electron chi connectivity index (χ3n) is 4.37. The highest BCUT2D eigenvalue weighted by Crippen LogP contribution is 2.29. The minimum atomic E-state index is 0.0386. The first kappa shape index (κ1) is 13.9. The molecule has 0 aromatic heterocycles. The van der Waals surface area contributed by atoms with E-state index in [-0.39, 0.29) is 5.91 Å². The van der Waals surface area contributed by atoms with E-state index in [0.29, 0.717) is 12.0 Å². The van der Waals surface area contributed by atoms with Gasteiger partial charge in [-0.15, -0.1) is 0 Å². The Bertz CT molecular complexity index is 444. The van der Waals surface area contributed by atoms with Crippen molar-refractivity contribution < 1.29 is 4.79 Å². The Morgan fingerprint density at radius 1 is 1.16 bits per heavy atom. The van der Waals surface area contributed by atoms with Gasteiger partial charge in [0, 0.05) is 18.8 Å². The third kappa shape index (κ3) is 3.28. The number of benzene rings is 1. The largest absolute Gasteiger partial charge is 0.387 e. The molecule has 3 heteroatoms. The van der Waals surface area contributed by atoms with Crippen molar-refractivity contribution in [2.45, 2.75) is 39.2 Å². The van der Waals surface area contributed by atoms with E-state index >= 15 is 0 Å². The molecule has 0 bridgehead atoms. The molecule has 0 saturated heterocycles. The zero-order valence-electron chi connectivity index (χ0n) is 12.1. The van der Waals surface area contributed by atoms with Crippen LogP contribution in [-0.2, 0) is 0 Å². The molecule has 2 rings (SSSR count). The van der Waals surface area contributed by atoms with E-state index in [0.717, 1.165) is 30.0 Å². The summed E-state index contributed by atoms with van der Waals surface area (Å²) in [6.45, 7) is 4.59. The van der Waals surface area contributed by atoms with Gasteiger partial charge in [-0.2, -0.15) is 0 Å². The maximum absolute atomic E-state index is 12.3. The van der Waals surface area contributed by atoms with Crippen molar-refractivity contribution in [3.63, 3.8) is 0 Å². The van der Waals surface area contributed by atoms with Crippen LogP contribution in [0, 0.1) is 11.8 Å². The molecule has 3 atom stereocenters. The van der Waals surface area contributed by atoms with E-state index in [9.17, 15) is 4.79 Å². The SMILES string of the molecule is CNc1ccccc1C(=O)NC1CCC(C)C(C)C1. The maximum Gasteiger partial charge on any atom is 0.253 e. The van der Waals surface area contributed by atoms with Gasteiger partial charge in [0.2, 0.25) is 0 Å². The van der Waals surface area contributed by atoms with Crippen LogP contribution in [0.5, 0.6) is 0 Å². The molecule has 0 heterocycles. The average molecular weight is 260 g/mol. The number of hydrogen-bond donors (Lipinski definition) is 2. The molecule has 1 saturated carbocycles. The van der Waals surface area contributed by atoms with Crippen LogP contribution in [0.2, 0.25) is 0 Å². The molecule has 1 aromatic carbocycles. The van der Waals surface area contributed by atoms with E-state index < -0.39 is 0 Å². The molecule has 3 nitrogen and oxygen atoms in total. The third-order valence-corrected chi connectivity index (χ3v) is 4.37. The molecular formula is C16H24N2O. The van der Waals surface area contributed by atoms with Gasteiger partial charge in [0.15, 0.2) is 0 Å². The highest BCUT2D eigenvalue weighted by molar-refractivity contribution is 5.99.